The van der Waals surface area contributed by atoms with Gasteiger partial charge < -0.3 is 10.6 Å². The van der Waals surface area contributed by atoms with E-state index in [0.29, 0.717) is 17.8 Å². The fourth-order valence-electron chi connectivity index (χ4n) is 2.22. The Morgan fingerprint density at radius 1 is 1.14 bits per heavy atom. The minimum absolute atomic E-state index is 0.0381. The quantitative estimate of drug-likeness (QED) is 0.901. The summed E-state index contributed by atoms with van der Waals surface area (Å²) in [4.78, 5) is 1.63. The van der Waals surface area contributed by atoms with Crippen LogP contribution in [0, 0.1) is 11.6 Å². The summed E-state index contributed by atoms with van der Waals surface area (Å²) in [5, 5.41) is 0. The molecule has 0 aliphatic carbocycles. The molecule has 0 fully saturated rings. The van der Waals surface area contributed by atoms with Crippen LogP contribution < -0.4 is 10.6 Å². The van der Waals surface area contributed by atoms with Crippen molar-refractivity contribution < 1.29 is 8.78 Å². The van der Waals surface area contributed by atoms with E-state index in [9.17, 15) is 8.78 Å². The van der Waals surface area contributed by atoms with Gasteiger partial charge in [0.1, 0.15) is 11.6 Å². The average molecular weight is 290 g/mol. The fraction of sp³-hybridized carbons (Fsp3) is 0.294. The molecular formula is C17H20F2N2. The molecule has 0 amide bonds. The van der Waals surface area contributed by atoms with Crippen LogP contribution in [0.1, 0.15) is 18.9 Å². The van der Waals surface area contributed by atoms with Gasteiger partial charge in [0.25, 0.3) is 0 Å². The number of benzene rings is 2. The molecule has 2 rings (SSSR count). The smallest absolute Gasteiger partial charge is 0.147 e. The van der Waals surface area contributed by atoms with Gasteiger partial charge in [-0.2, -0.15) is 0 Å². The van der Waals surface area contributed by atoms with E-state index < -0.39 is 0 Å². The first-order chi connectivity index (χ1) is 10.0. The van der Waals surface area contributed by atoms with E-state index in [0.717, 1.165) is 12.0 Å². The first-order valence-corrected chi connectivity index (χ1v) is 7.04. The molecule has 1 unspecified atom stereocenters. The molecule has 2 aromatic carbocycles. The lowest BCUT2D eigenvalue weighted by Crippen LogP contribution is -2.21. The van der Waals surface area contributed by atoms with Crippen LogP contribution in [0.2, 0.25) is 0 Å². The summed E-state index contributed by atoms with van der Waals surface area (Å²) in [6.45, 7) is 2.01. The molecule has 0 aliphatic heterocycles. The molecular weight excluding hydrogens is 270 g/mol. The summed E-state index contributed by atoms with van der Waals surface area (Å²) in [6.07, 6.45) is 1.50. The van der Waals surface area contributed by atoms with Gasteiger partial charge in [-0.3, -0.25) is 0 Å². The van der Waals surface area contributed by atoms with Crippen LogP contribution in [0.5, 0.6) is 0 Å². The third kappa shape index (κ3) is 3.79. The Labute approximate surface area is 124 Å². The molecule has 21 heavy (non-hydrogen) atoms. The molecule has 2 N–H and O–H groups in total. The van der Waals surface area contributed by atoms with Crippen molar-refractivity contribution in [2.75, 3.05) is 11.9 Å². The molecule has 0 saturated heterocycles. The Morgan fingerprint density at radius 2 is 1.90 bits per heavy atom. The zero-order valence-corrected chi connectivity index (χ0v) is 12.3. The second kappa shape index (κ2) is 6.68. The summed E-state index contributed by atoms with van der Waals surface area (Å²) in [7, 11) is 1.71. The fourth-order valence-corrected chi connectivity index (χ4v) is 2.22. The minimum Gasteiger partial charge on any atom is -0.342 e. The summed E-state index contributed by atoms with van der Waals surface area (Å²) in [5.74, 6) is -0.673. The van der Waals surface area contributed by atoms with E-state index in [1.54, 1.807) is 30.1 Å². The molecule has 2 nitrogen and oxygen atoms in total. The van der Waals surface area contributed by atoms with Crippen molar-refractivity contribution in [3.63, 3.8) is 0 Å². The van der Waals surface area contributed by atoms with Gasteiger partial charge in [0, 0.05) is 18.8 Å². The number of halogens is 2. The Kier molecular flexibility index (Phi) is 4.91. The van der Waals surface area contributed by atoms with Crippen molar-refractivity contribution >= 4 is 11.4 Å². The van der Waals surface area contributed by atoms with Crippen LogP contribution in [0.25, 0.3) is 0 Å². The lowest BCUT2D eigenvalue weighted by atomic mass is 10.0. The molecule has 1 atom stereocenters. The second-order valence-corrected chi connectivity index (χ2v) is 5.20. The molecule has 112 valence electrons. The number of nitrogens with two attached hydrogens (primary N) is 1. The van der Waals surface area contributed by atoms with Crippen LogP contribution in [0.3, 0.4) is 0 Å². The van der Waals surface area contributed by atoms with Gasteiger partial charge in [0.15, 0.2) is 0 Å². The van der Waals surface area contributed by atoms with Gasteiger partial charge in [-0.1, -0.05) is 19.1 Å². The molecule has 2 aromatic rings. The summed E-state index contributed by atoms with van der Waals surface area (Å²) in [5.41, 5.74) is 7.77. The number of nitrogens with zero attached hydrogens (tertiary/aromatic N) is 1. The van der Waals surface area contributed by atoms with E-state index in [-0.39, 0.29) is 17.7 Å². The lowest BCUT2D eigenvalue weighted by Gasteiger charge is -2.21. The van der Waals surface area contributed by atoms with Crippen LogP contribution in [0.4, 0.5) is 20.2 Å². The van der Waals surface area contributed by atoms with Gasteiger partial charge in [-0.15, -0.1) is 0 Å². The summed E-state index contributed by atoms with van der Waals surface area (Å²) < 4.78 is 27.5. The van der Waals surface area contributed by atoms with E-state index in [1.807, 2.05) is 13.0 Å². The van der Waals surface area contributed by atoms with Crippen LogP contribution in [-0.4, -0.2) is 13.1 Å². The first kappa shape index (κ1) is 15.4. The Balaban J connectivity index is 2.24. The van der Waals surface area contributed by atoms with Crippen LogP contribution >= 0.6 is 0 Å². The van der Waals surface area contributed by atoms with Gasteiger partial charge in [-0.05, 0) is 48.7 Å². The van der Waals surface area contributed by atoms with Crippen molar-refractivity contribution in [2.45, 2.75) is 25.8 Å². The SMILES string of the molecule is CCC(N)Cc1ccc(N(C)c2cccc(F)c2)c(F)c1. The predicted molar refractivity (Wildman–Crippen MR) is 82.8 cm³/mol. The Morgan fingerprint density at radius 3 is 2.52 bits per heavy atom. The molecule has 0 spiro atoms. The maximum atomic E-state index is 14.3. The zero-order chi connectivity index (χ0) is 15.4. The normalized spacial score (nSPS) is 12.2. The summed E-state index contributed by atoms with van der Waals surface area (Å²) >= 11 is 0. The van der Waals surface area contributed by atoms with Crippen molar-refractivity contribution in [2.24, 2.45) is 5.73 Å². The van der Waals surface area contributed by atoms with Crippen molar-refractivity contribution in [3.8, 4) is 0 Å². The van der Waals surface area contributed by atoms with Gasteiger partial charge in [-0.25, -0.2) is 8.78 Å². The van der Waals surface area contributed by atoms with Crippen molar-refractivity contribution in [3.05, 3.63) is 59.7 Å². The van der Waals surface area contributed by atoms with Crippen LogP contribution in [0.15, 0.2) is 42.5 Å². The number of anilines is 2. The second-order valence-electron chi connectivity index (χ2n) is 5.20. The molecule has 0 bridgehead atoms. The molecule has 0 radical (unpaired) electrons. The Hall–Kier alpha value is -1.94. The highest BCUT2D eigenvalue weighted by molar-refractivity contribution is 5.63. The molecule has 0 aromatic heterocycles. The first-order valence-electron chi connectivity index (χ1n) is 7.04. The van der Waals surface area contributed by atoms with E-state index in [4.69, 9.17) is 5.73 Å². The van der Waals surface area contributed by atoms with Gasteiger partial charge in [0.2, 0.25) is 0 Å². The average Bonchev–Trinajstić information content (AvgIpc) is 2.46. The number of rotatable bonds is 5. The minimum atomic E-state index is -0.342. The number of hydrogen-bond acceptors (Lipinski definition) is 2. The Bertz CT molecular complexity index is 613. The van der Waals surface area contributed by atoms with E-state index in [2.05, 4.69) is 0 Å². The highest BCUT2D eigenvalue weighted by atomic mass is 19.1. The summed E-state index contributed by atoms with van der Waals surface area (Å²) in [6, 6.07) is 11.2. The van der Waals surface area contributed by atoms with E-state index >= 15 is 0 Å². The topological polar surface area (TPSA) is 29.3 Å². The highest BCUT2D eigenvalue weighted by Gasteiger charge is 2.12. The highest BCUT2D eigenvalue weighted by Crippen LogP contribution is 2.27. The predicted octanol–water partition coefficient (Wildman–Crippen LogP) is 4.01. The molecule has 4 heteroatoms. The third-order valence-electron chi connectivity index (χ3n) is 3.59. The maximum absolute atomic E-state index is 14.3. The van der Waals surface area contributed by atoms with E-state index in [1.165, 1.54) is 18.2 Å². The van der Waals surface area contributed by atoms with Crippen LogP contribution in [-0.2, 0) is 6.42 Å². The van der Waals surface area contributed by atoms with Crippen molar-refractivity contribution in [1.82, 2.24) is 0 Å². The molecule has 0 aliphatic rings. The largest absolute Gasteiger partial charge is 0.342 e. The third-order valence-corrected chi connectivity index (χ3v) is 3.59. The van der Waals surface area contributed by atoms with Gasteiger partial charge >= 0.3 is 0 Å². The monoisotopic (exact) mass is 290 g/mol. The number of hydrogen-bond donors (Lipinski definition) is 1. The van der Waals surface area contributed by atoms with Crippen molar-refractivity contribution in [1.29, 1.82) is 0 Å². The molecule has 0 saturated carbocycles. The standard InChI is InChI=1S/C17H20F2N2/c1-3-14(20)9-12-7-8-17(16(19)10-12)21(2)15-6-4-5-13(18)11-15/h4-8,10-11,14H,3,9,20H2,1-2H3. The zero-order valence-electron chi connectivity index (χ0n) is 12.3. The maximum Gasteiger partial charge on any atom is 0.147 e. The van der Waals surface area contributed by atoms with Gasteiger partial charge in [0.05, 0.1) is 5.69 Å². The lowest BCUT2D eigenvalue weighted by molar-refractivity contribution is 0.613. The molecule has 0 heterocycles.